The number of carbonyl (C=O) groups is 2. The fraction of sp³-hybridized carbons (Fsp3) is 0.231. The van der Waals surface area contributed by atoms with Crippen LogP contribution < -0.4 is 5.32 Å². The third kappa shape index (κ3) is 2.85. The number of carboxylic acid groups (broad SMARTS) is 1. The van der Waals surface area contributed by atoms with Crippen LogP contribution in [0.3, 0.4) is 0 Å². The van der Waals surface area contributed by atoms with E-state index in [0.717, 1.165) is 0 Å². The van der Waals surface area contributed by atoms with Crippen molar-refractivity contribution in [2.45, 2.75) is 20.0 Å². The number of carboxylic acids is 1. The van der Waals surface area contributed by atoms with Gasteiger partial charge in [-0.2, -0.15) is 0 Å². The van der Waals surface area contributed by atoms with Crippen molar-refractivity contribution in [1.29, 1.82) is 0 Å². The number of aromatic nitrogens is 1. The number of furan rings is 1. The molecular formula is C13H14N2O4. The Balaban J connectivity index is 1.98. The highest BCUT2D eigenvalue weighted by molar-refractivity contribution is 5.92. The van der Waals surface area contributed by atoms with E-state index in [1.165, 1.54) is 12.1 Å². The SMILES string of the molecule is CCn1cccc1C(=O)NCc1ccc(C(=O)O)o1. The number of carbonyl (C=O) groups excluding carboxylic acids is 1. The summed E-state index contributed by atoms with van der Waals surface area (Å²) < 4.78 is 6.87. The average Bonchev–Trinajstić information content (AvgIpc) is 3.04. The molecule has 0 aliphatic rings. The Morgan fingerprint density at radius 3 is 2.79 bits per heavy atom. The summed E-state index contributed by atoms with van der Waals surface area (Å²) in [5, 5.41) is 11.4. The molecular weight excluding hydrogens is 248 g/mol. The van der Waals surface area contributed by atoms with E-state index in [2.05, 4.69) is 5.32 Å². The maximum Gasteiger partial charge on any atom is 0.371 e. The van der Waals surface area contributed by atoms with E-state index in [0.29, 0.717) is 18.0 Å². The number of nitrogens with zero attached hydrogens (tertiary/aromatic N) is 1. The van der Waals surface area contributed by atoms with Gasteiger partial charge in [0.1, 0.15) is 11.5 Å². The molecule has 6 nitrogen and oxygen atoms in total. The van der Waals surface area contributed by atoms with Gasteiger partial charge in [0.2, 0.25) is 5.76 Å². The van der Waals surface area contributed by atoms with Crippen LogP contribution in [0.4, 0.5) is 0 Å². The van der Waals surface area contributed by atoms with Gasteiger partial charge in [0.15, 0.2) is 0 Å². The van der Waals surface area contributed by atoms with Crippen molar-refractivity contribution in [3.05, 3.63) is 47.7 Å². The van der Waals surface area contributed by atoms with Gasteiger partial charge in [-0.1, -0.05) is 0 Å². The Morgan fingerprint density at radius 2 is 2.16 bits per heavy atom. The van der Waals surface area contributed by atoms with Gasteiger partial charge in [-0.25, -0.2) is 4.79 Å². The lowest BCUT2D eigenvalue weighted by molar-refractivity contribution is 0.0660. The summed E-state index contributed by atoms with van der Waals surface area (Å²) in [7, 11) is 0. The van der Waals surface area contributed by atoms with Crippen LogP contribution in [0.25, 0.3) is 0 Å². The lowest BCUT2D eigenvalue weighted by Gasteiger charge is -2.06. The second kappa shape index (κ2) is 5.43. The van der Waals surface area contributed by atoms with E-state index in [4.69, 9.17) is 9.52 Å². The molecule has 0 aliphatic heterocycles. The van der Waals surface area contributed by atoms with Gasteiger partial charge < -0.3 is 19.4 Å². The van der Waals surface area contributed by atoms with Gasteiger partial charge in [0, 0.05) is 12.7 Å². The average molecular weight is 262 g/mol. The highest BCUT2D eigenvalue weighted by Crippen LogP contribution is 2.08. The summed E-state index contributed by atoms with van der Waals surface area (Å²) in [5.41, 5.74) is 0.563. The molecule has 100 valence electrons. The first-order chi connectivity index (χ1) is 9.11. The molecule has 0 saturated heterocycles. The molecule has 0 bridgehead atoms. The zero-order chi connectivity index (χ0) is 13.8. The van der Waals surface area contributed by atoms with Crippen LogP contribution in [0, 0.1) is 0 Å². The summed E-state index contributed by atoms with van der Waals surface area (Å²) in [6.45, 7) is 2.81. The lowest BCUT2D eigenvalue weighted by Crippen LogP contribution is -2.25. The molecule has 0 aliphatic carbocycles. The second-order valence-corrected chi connectivity index (χ2v) is 3.93. The molecule has 2 aromatic rings. The smallest absolute Gasteiger partial charge is 0.371 e. The Morgan fingerprint density at radius 1 is 1.37 bits per heavy atom. The molecule has 0 radical (unpaired) electrons. The number of hydrogen-bond donors (Lipinski definition) is 2. The molecule has 0 saturated carbocycles. The van der Waals surface area contributed by atoms with Gasteiger partial charge in [-0.15, -0.1) is 0 Å². The molecule has 2 aromatic heterocycles. The fourth-order valence-corrected chi connectivity index (χ4v) is 1.74. The number of nitrogens with one attached hydrogen (secondary N) is 1. The van der Waals surface area contributed by atoms with E-state index in [1.54, 1.807) is 12.1 Å². The zero-order valence-corrected chi connectivity index (χ0v) is 10.4. The Hall–Kier alpha value is -2.50. The largest absolute Gasteiger partial charge is 0.475 e. The van der Waals surface area contributed by atoms with Crippen molar-refractivity contribution >= 4 is 11.9 Å². The third-order valence-electron chi connectivity index (χ3n) is 2.70. The van der Waals surface area contributed by atoms with E-state index in [1.807, 2.05) is 17.7 Å². The van der Waals surface area contributed by atoms with E-state index in [9.17, 15) is 9.59 Å². The molecule has 19 heavy (non-hydrogen) atoms. The van der Waals surface area contributed by atoms with Gasteiger partial charge in [-0.3, -0.25) is 4.79 Å². The summed E-state index contributed by atoms with van der Waals surface area (Å²) in [5.74, 6) is -1.08. The molecule has 0 spiro atoms. The summed E-state index contributed by atoms with van der Waals surface area (Å²) in [4.78, 5) is 22.5. The second-order valence-electron chi connectivity index (χ2n) is 3.93. The standard InChI is InChI=1S/C13H14N2O4/c1-2-15-7-3-4-10(15)12(16)14-8-9-5-6-11(19-9)13(17)18/h3-7H,2,8H2,1H3,(H,14,16)(H,17,18). The molecule has 2 heterocycles. The quantitative estimate of drug-likeness (QED) is 0.859. The Bertz CT molecular complexity index is 597. The topological polar surface area (TPSA) is 84.5 Å². The maximum absolute atomic E-state index is 11.9. The summed E-state index contributed by atoms with van der Waals surface area (Å²) in [6, 6.07) is 6.42. The molecule has 0 atom stereocenters. The highest BCUT2D eigenvalue weighted by atomic mass is 16.4. The van der Waals surface area contributed by atoms with Crippen LogP contribution in [0.15, 0.2) is 34.9 Å². The van der Waals surface area contributed by atoms with Gasteiger partial charge in [0.25, 0.3) is 5.91 Å². The highest BCUT2D eigenvalue weighted by Gasteiger charge is 2.12. The minimum atomic E-state index is -1.13. The number of hydrogen-bond acceptors (Lipinski definition) is 3. The number of aryl methyl sites for hydroxylation is 1. The van der Waals surface area contributed by atoms with Crippen molar-refractivity contribution in [2.24, 2.45) is 0 Å². The monoisotopic (exact) mass is 262 g/mol. The van der Waals surface area contributed by atoms with Crippen molar-refractivity contribution in [3.63, 3.8) is 0 Å². The molecule has 6 heteroatoms. The number of aromatic carboxylic acids is 1. The fourth-order valence-electron chi connectivity index (χ4n) is 1.74. The predicted octanol–water partition coefficient (Wildman–Crippen LogP) is 1.73. The molecule has 2 rings (SSSR count). The van der Waals surface area contributed by atoms with Crippen LogP contribution in [0.2, 0.25) is 0 Å². The minimum Gasteiger partial charge on any atom is -0.475 e. The van der Waals surface area contributed by atoms with Gasteiger partial charge in [0.05, 0.1) is 6.54 Å². The minimum absolute atomic E-state index is 0.138. The number of amides is 1. The summed E-state index contributed by atoms with van der Waals surface area (Å²) >= 11 is 0. The first kappa shape index (κ1) is 12.9. The molecule has 0 unspecified atom stereocenters. The van der Waals surface area contributed by atoms with Gasteiger partial charge >= 0.3 is 5.97 Å². The Labute approximate surface area is 109 Å². The van der Waals surface area contributed by atoms with Crippen molar-refractivity contribution < 1.29 is 19.1 Å². The van der Waals surface area contributed by atoms with E-state index >= 15 is 0 Å². The molecule has 0 fully saturated rings. The van der Waals surface area contributed by atoms with Crippen molar-refractivity contribution in [3.8, 4) is 0 Å². The number of rotatable bonds is 5. The normalized spacial score (nSPS) is 10.4. The third-order valence-corrected chi connectivity index (χ3v) is 2.70. The van der Waals surface area contributed by atoms with Gasteiger partial charge in [-0.05, 0) is 31.2 Å². The van der Waals surface area contributed by atoms with Crippen molar-refractivity contribution in [2.75, 3.05) is 0 Å². The van der Waals surface area contributed by atoms with Crippen LogP contribution >= 0.6 is 0 Å². The predicted molar refractivity (Wildman–Crippen MR) is 66.9 cm³/mol. The first-order valence-electron chi connectivity index (χ1n) is 5.87. The van der Waals surface area contributed by atoms with Crippen LogP contribution in [0.5, 0.6) is 0 Å². The first-order valence-corrected chi connectivity index (χ1v) is 5.87. The van der Waals surface area contributed by atoms with Crippen LogP contribution in [-0.2, 0) is 13.1 Å². The maximum atomic E-state index is 11.9. The molecule has 1 amide bonds. The van der Waals surface area contributed by atoms with E-state index < -0.39 is 5.97 Å². The summed E-state index contributed by atoms with van der Waals surface area (Å²) in [6.07, 6.45) is 1.82. The zero-order valence-electron chi connectivity index (χ0n) is 10.4. The molecule has 2 N–H and O–H groups in total. The van der Waals surface area contributed by atoms with Crippen LogP contribution in [-0.4, -0.2) is 21.6 Å². The lowest BCUT2D eigenvalue weighted by atomic mass is 10.3. The Kier molecular flexibility index (Phi) is 3.70. The van der Waals surface area contributed by atoms with Crippen LogP contribution in [0.1, 0.15) is 33.7 Å². The molecule has 0 aromatic carbocycles. The van der Waals surface area contributed by atoms with E-state index in [-0.39, 0.29) is 18.2 Å². The van der Waals surface area contributed by atoms with Crippen molar-refractivity contribution in [1.82, 2.24) is 9.88 Å².